The number of hydrogen-bond acceptors (Lipinski definition) is 4. The molecule has 0 spiro atoms. The number of carbonyl (C=O) groups excluding carboxylic acids is 1. The standard InChI is InChI=1S/C12H16N2O3/c1-16-10-4-2-3-9(7-10)12(15)14-17-11-5-6-13-8-11/h2-4,7,11,13H,5-6,8H2,1H3,(H,14,15). The summed E-state index contributed by atoms with van der Waals surface area (Å²) >= 11 is 0. The van der Waals surface area contributed by atoms with E-state index in [1.165, 1.54) is 0 Å². The Bertz CT molecular complexity index is 389. The second-order valence-electron chi connectivity index (χ2n) is 3.90. The van der Waals surface area contributed by atoms with Gasteiger partial charge in [-0.15, -0.1) is 0 Å². The maximum Gasteiger partial charge on any atom is 0.274 e. The van der Waals surface area contributed by atoms with Gasteiger partial charge in [-0.05, 0) is 31.2 Å². The molecule has 1 amide bonds. The molecular weight excluding hydrogens is 220 g/mol. The Morgan fingerprint density at radius 2 is 2.41 bits per heavy atom. The molecule has 17 heavy (non-hydrogen) atoms. The lowest BCUT2D eigenvalue weighted by atomic mass is 10.2. The first kappa shape index (κ1) is 11.9. The van der Waals surface area contributed by atoms with Crippen LogP contribution in [0, 0.1) is 0 Å². The molecule has 92 valence electrons. The molecule has 1 saturated heterocycles. The normalized spacial score (nSPS) is 19.0. The molecule has 0 bridgehead atoms. The van der Waals surface area contributed by atoms with E-state index in [1.54, 1.807) is 31.4 Å². The van der Waals surface area contributed by atoms with E-state index in [4.69, 9.17) is 9.57 Å². The van der Waals surface area contributed by atoms with Crippen molar-refractivity contribution in [1.29, 1.82) is 0 Å². The highest BCUT2D eigenvalue weighted by atomic mass is 16.7. The predicted octanol–water partition coefficient (Wildman–Crippen LogP) is 0.718. The van der Waals surface area contributed by atoms with Crippen molar-refractivity contribution in [2.45, 2.75) is 12.5 Å². The van der Waals surface area contributed by atoms with Crippen LogP contribution in [0.25, 0.3) is 0 Å². The Hall–Kier alpha value is -1.59. The SMILES string of the molecule is COc1cccc(C(=O)NOC2CCNC2)c1. The van der Waals surface area contributed by atoms with Gasteiger partial charge in [-0.25, -0.2) is 5.48 Å². The maximum absolute atomic E-state index is 11.8. The second kappa shape index (κ2) is 5.65. The molecule has 5 nitrogen and oxygen atoms in total. The first-order valence-electron chi connectivity index (χ1n) is 5.60. The van der Waals surface area contributed by atoms with E-state index in [9.17, 15) is 4.79 Å². The molecule has 1 aliphatic heterocycles. The molecule has 1 heterocycles. The molecule has 1 aromatic carbocycles. The molecule has 1 fully saturated rings. The average Bonchev–Trinajstić information content (AvgIpc) is 2.89. The molecular formula is C12H16N2O3. The molecule has 1 aliphatic rings. The summed E-state index contributed by atoms with van der Waals surface area (Å²) in [6.07, 6.45) is 0.975. The lowest BCUT2D eigenvalue weighted by molar-refractivity contribution is -0.00681. The van der Waals surface area contributed by atoms with E-state index < -0.39 is 0 Å². The Kier molecular flexibility index (Phi) is 3.95. The summed E-state index contributed by atoms with van der Waals surface area (Å²) in [5, 5.41) is 3.16. The number of rotatable bonds is 4. The van der Waals surface area contributed by atoms with Crippen molar-refractivity contribution in [3.05, 3.63) is 29.8 Å². The minimum Gasteiger partial charge on any atom is -0.497 e. The Balaban J connectivity index is 1.89. The fraction of sp³-hybridized carbons (Fsp3) is 0.417. The van der Waals surface area contributed by atoms with Crippen LogP contribution in [0.2, 0.25) is 0 Å². The Labute approximate surface area is 100 Å². The zero-order valence-corrected chi connectivity index (χ0v) is 9.73. The lowest BCUT2D eigenvalue weighted by Gasteiger charge is -2.11. The van der Waals surface area contributed by atoms with Crippen LogP contribution in [-0.2, 0) is 4.84 Å². The maximum atomic E-state index is 11.8. The zero-order valence-electron chi connectivity index (χ0n) is 9.73. The van der Waals surface area contributed by atoms with Crippen molar-refractivity contribution in [3.8, 4) is 5.75 Å². The molecule has 0 radical (unpaired) electrons. The summed E-state index contributed by atoms with van der Waals surface area (Å²) in [5.41, 5.74) is 2.98. The smallest absolute Gasteiger partial charge is 0.274 e. The van der Waals surface area contributed by atoms with Gasteiger partial charge >= 0.3 is 0 Å². The molecule has 1 unspecified atom stereocenters. The van der Waals surface area contributed by atoms with Crippen LogP contribution in [-0.4, -0.2) is 32.2 Å². The van der Waals surface area contributed by atoms with E-state index >= 15 is 0 Å². The summed E-state index contributed by atoms with van der Waals surface area (Å²) in [6, 6.07) is 6.95. The van der Waals surface area contributed by atoms with Crippen LogP contribution in [0.1, 0.15) is 16.8 Å². The third kappa shape index (κ3) is 3.18. The van der Waals surface area contributed by atoms with Crippen molar-refractivity contribution in [2.75, 3.05) is 20.2 Å². The zero-order chi connectivity index (χ0) is 12.1. The largest absolute Gasteiger partial charge is 0.497 e. The fourth-order valence-electron chi connectivity index (χ4n) is 1.69. The topological polar surface area (TPSA) is 59.6 Å². The summed E-state index contributed by atoms with van der Waals surface area (Å²) in [6.45, 7) is 1.71. The van der Waals surface area contributed by atoms with E-state index in [1.807, 2.05) is 0 Å². The first-order chi connectivity index (χ1) is 8.29. The number of benzene rings is 1. The Morgan fingerprint density at radius 1 is 1.53 bits per heavy atom. The number of nitrogens with one attached hydrogen (secondary N) is 2. The van der Waals surface area contributed by atoms with E-state index in [0.29, 0.717) is 11.3 Å². The van der Waals surface area contributed by atoms with Crippen LogP contribution in [0.4, 0.5) is 0 Å². The van der Waals surface area contributed by atoms with Crippen LogP contribution in [0.5, 0.6) is 5.75 Å². The van der Waals surface area contributed by atoms with Gasteiger partial charge in [-0.1, -0.05) is 6.07 Å². The average molecular weight is 236 g/mol. The van der Waals surface area contributed by atoms with Gasteiger partial charge in [0.2, 0.25) is 0 Å². The summed E-state index contributed by atoms with van der Waals surface area (Å²) in [4.78, 5) is 17.0. The quantitative estimate of drug-likeness (QED) is 0.756. The Morgan fingerprint density at radius 3 is 3.12 bits per heavy atom. The lowest BCUT2D eigenvalue weighted by Crippen LogP contribution is -2.30. The molecule has 0 saturated carbocycles. The van der Waals surface area contributed by atoms with E-state index in [-0.39, 0.29) is 12.0 Å². The number of hydroxylamine groups is 1. The minimum atomic E-state index is -0.254. The number of methoxy groups -OCH3 is 1. The number of ether oxygens (including phenoxy) is 1. The highest BCUT2D eigenvalue weighted by Crippen LogP contribution is 2.12. The number of hydrogen-bond donors (Lipinski definition) is 2. The van der Waals surface area contributed by atoms with Gasteiger partial charge in [0.15, 0.2) is 0 Å². The first-order valence-corrected chi connectivity index (χ1v) is 5.60. The van der Waals surface area contributed by atoms with Crippen molar-refractivity contribution in [1.82, 2.24) is 10.8 Å². The third-order valence-corrected chi connectivity index (χ3v) is 2.67. The summed E-state index contributed by atoms with van der Waals surface area (Å²) < 4.78 is 5.05. The monoisotopic (exact) mass is 236 g/mol. The van der Waals surface area contributed by atoms with Gasteiger partial charge in [0.05, 0.1) is 13.2 Å². The van der Waals surface area contributed by atoms with Crippen molar-refractivity contribution < 1.29 is 14.4 Å². The van der Waals surface area contributed by atoms with Crippen molar-refractivity contribution in [2.24, 2.45) is 0 Å². The van der Waals surface area contributed by atoms with Gasteiger partial charge in [0.1, 0.15) is 5.75 Å². The molecule has 1 aromatic rings. The molecule has 1 atom stereocenters. The summed E-state index contributed by atoms with van der Waals surface area (Å²) in [7, 11) is 1.57. The summed E-state index contributed by atoms with van der Waals surface area (Å²) in [5.74, 6) is 0.399. The highest BCUT2D eigenvalue weighted by molar-refractivity contribution is 5.93. The minimum absolute atomic E-state index is 0.0598. The second-order valence-corrected chi connectivity index (χ2v) is 3.90. The molecule has 0 aromatic heterocycles. The van der Waals surface area contributed by atoms with Gasteiger partial charge in [-0.3, -0.25) is 9.63 Å². The van der Waals surface area contributed by atoms with Crippen molar-refractivity contribution >= 4 is 5.91 Å². The predicted molar refractivity (Wildman–Crippen MR) is 62.8 cm³/mol. The van der Waals surface area contributed by atoms with Gasteiger partial charge < -0.3 is 10.1 Å². The van der Waals surface area contributed by atoms with Crippen molar-refractivity contribution in [3.63, 3.8) is 0 Å². The highest BCUT2D eigenvalue weighted by Gasteiger charge is 2.16. The van der Waals surface area contributed by atoms with E-state index in [2.05, 4.69) is 10.8 Å². The number of carbonyl (C=O) groups is 1. The fourth-order valence-corrected chi connectivity index (χ4v) is 1.69. The molecule has 2 rings (SSSR count). The van der Waals surface area contributed by atoms with Gasteiger partial charge in [0, 0.05) is 12.1 Å². The van der Waals surface area contributed by atoms with Crippen LogP contribution in [0.15, 0.2) is 24.3 Å². The van der Waals surface area contributed by atoms with Crippen LogP contribution in [0.3, 0.4) is 0 Å². The van der Waals surface area contributed by atoms with Gasteiger partial charge in [-0.2, -0.15) is 0 Å². The molecule has 0 aliphatic carbocycles. The molecule has 2 N–H and O–H groups in total. The number of amides is 1. The third-order valence-electron chi connectivity index (χ3n) is 2.67. The van der Waals surface area contributed by atoms with Crippen LogP contribution < -0.4 is 15.5 Å². The molecule has 5 heteroatoms. The van der Waals surface area contributed by atoms with Gasteiger partial charge in [0.25, 0.3) is 5.91 Å². The van der Waals surface area contributed by atoms with E-state index in [0.717, 1.165) is 19.5 Å². The van der Waals surface area contributed by atoms with Crippen LogP contribution >= 0.6 is 0 Å².